The van der Waals surface area contributed by atoms with Crippen LogP contribution in [0.5, 0.6) is 5.75 Å². The monoisotopic (exact) mass is 333 g/mol. The van der Waals surface area contributed by atoms with E-state index in [2.05, 4.69) is 15.6 Å². The van der Waals surface area contributed by atoms with Gasteiger partial charge in [0.1, 0.15) is 5.75 Å². The van der Waals surface area contributed by atoms with Gasteiger partial charge in [0.2, 0.25) is 0 Å². The second-order valence-electron chi connectivity index (χ2n) is 5.57. The van der Waals surface area contributed by atoms with Gasteiger partial charge in [0.25, 0.3) is 0 Å². The first-order valence-corrected chi connectivity index (χ1v) is 8.04. The van der Waals surface area contributed by atoms with Gasteiger partial charge in [-0.2, -0.15) is 0 Å². The van der Waals surface area contributed by atoms with Crippen LogP contribution in [-0.4, -0.2) is 22.7 Å². The van der Waals surface area contributed by atoms with Crippen molar-refractivity contribution in [2.24, 2.45) is 0 Å². The van der Waals surface area contributed by atoms with E-state index in [9.17, 15) is 9.90 Å². The van der Waals surface area contributed by atoms with Crippen LogP contribution >= 0.6 is 0 Å². The Morgan fingerprint density at radius 3 is 2.32 bits per heavy atom. The van der Waals surface area contributed by atoms with Gasteiger partial charge in [-0.1, -0.05) is 30.3 Å². The molecule has 1 aromatic heterocycles. The maximum absolute atomic E-state index is 11.9. The van der Waals surface area contributed by atoms with Crippen LogP contribution in [0.1, 0.15) is 5.56 Å². The van der Waals surface area contributed by atoms with E-state index in [1.807, 2.05) is 48.5 Å². The third kappa shape index (κ3) is 4.57. The van der Waals surface area contributed by atoms with Crippen molar-refractivity contribution >= 4 is 11.7 Å². The van der Waals surface area contributed by atoms with E-state index >= 15 is 0 Å². The van der Waals surface area contributed by atoms with Crippen LogP contribution in [0, 0.1) is 0 Å². The van der Waals surface area contributed by atoms with E-state index in [0.29, 0.717) is 13.0 Å². The molecule has 0 aliphatic heterocycles. The van der Waals surface area contributed by atoms with Gasteiger partial charge in [-0.3, -0.25) is 4.98 Å². The summed E-state index contributed by atoms with van der Waals surface area (Å²) in [6.07, 6.45) is 4.07. The summed E-state index contributed by atoms with van der Waals surface area (Å²) in [4.78, 5) is 16.0. The summed E-state index contributed by atoms with van der Waals surface area (Å²) in [6.45, 7) is 0.443. The SMILES string of the molecule is O=C(NCCc1ccccc1O)Nc1ccc(-c2ccncc2)cc1. The van der Waals surface area contributed by atoms with Crippen molar-refractivity contribution in [1.82, 2.24) is 10.3 Å². The van der Waals surface area contributed by atoms with Crippen molar-refractivity contribution in [3.05, 3.63) is 78.6 Å². The molecule has 3 aromatic rings. The molecular weight excluding hydrogens is 314 g/mol. The zero-order valence-electron chi connectivity index (χ0n) is 13.6. The Morgan fingerprint density at radius 2 is 1.60 bits per heavy atom. The molecule has 1 heterocycles. The number of amides is 2. The predicted molar refractivity (Wildman–Crippen MR) is 98.5 cm³/mol. The summed E-state index contributed by atoms with van der Waals surface area (Å²) in [7, 11) is 0. The number of benzene rings is 2. The number of carbonyl (C=O) groups excluding carboxylic acids is 1. The van der Waals surface area contributed by atoms with Crippen molar-refractivity contribution in [1.29, 1.82) is 0 Å². The Balaban J connectivity index is 1.50. The normalized spacial score (nSPS) is 10.2. The molecule has 5 nitrogen and oxygen atoms in total. The molecule has 0 saturated heterocycles. The standard InChI is InChI=1S/C20H19N3O2/c24-19-4-2-1-3-17(19)11-14-22-20(25)23-18-7-5-15(6-8-18)16-9-12-21-13-10-16/h1-10,12-13,24H,11,14H2,(H2,22,23,25). The molecule has 0 radical (unpaired) electrons. The minimum absolute atomic E-state index is 0.247. The first-order valence-electron chi connectivity index (χ1n) is 8.04. The van der Waals surface area contributed by atoms with Crippen LogP contribution < -0.4 is 10.6 Å². The number of hydrogen-bond donors (Lipinski definition) is 3. The fraction of sp³-hybridized carbons (Fsp3) is 0.100. The summed E-state index contributed by atoms with van der Waals surface area (Å²) in [5.41, 5.74) is 3.67. The lowest BCUT2D eigenvalue weighted by atomic mass is 10.1. The quantitative estimate of drug-likeness (QED) is 0.664. The number of para-hydroxylation sites is 1. The number of anilines is 1. The van der Waals surface area contributed by atoms with Gasteiger partial charge in [0.15, 0.2) is 0 Å². The Morgan fingerprint density at radius 1 is 0.920 bits per heavy atom. The van der Waals surface area contributed by atoms with Crippen molar-refractivity contribution < 1.29 is 9.90 Å². The molecule has 0 fully saturated rings. The number of rotatable bonds is 5. The van der Waals surface area contributed by atoms with Crippen LogP contribution in [0.3, 0.4) is 0 Å². The van der Waals surface area contributed by atoms with Crippen LogP contribution in [-0.2, 0) is 6.42 Å². The molecule has 25 heavy (non-hydrogen) atoms. The highest BCUT2D eigenvalue weighted by molar-refractivity contribution is 5.89. The van der Waals surface area contributed by atoms with Crippen LogP contribution in [0.4, 0.5) is 10.5 Å². The third-order valence-electron chi connectivity index (χ3n) is 3.83. The van der Waals surface area contributed by atoms with Crippen LogP contribution in [0.25, 0.3) is 11.1 Å². The van der Waals surface area contributed by atoms with E-state index in [1.165, 1.54) is 0 Å². The second-order valence-corrected chi connectivity index (χ2v) is 5.57. The lowest BCUT2D eigenvalue weighted by Crippen LogP contribution is -2.30. The molecular formula is C20H19N3O2. The van der Waals surface area contributed by atoms with Crippen molar-refractivity contribution in [2.45, 2.75) is 6.42 Å². The number of aromatic nitrogens is 1. The van der Waals surface area contributed by atoms with Gasteiger partial charge in [-0.25, -0.2) is 4.79 Å². The Labute approximate surface area is 146 Å². The minimum Gasteiger partial charge on any atom is -0.508 e. The van der Waals surface area contributed by atoms with Crippen LogP contribution in [0.2, 0.25) is 0 Å². The summed E-state index contributed by atoms with van der Waals surface area (Å²) in [5.74, 6) is 0.247. The summed E-state index contributed by atoms with van der Waals surface area (Å²) < 4.78 is 0. The lowest BCUT2D eigenvalue weighted by Gasteiger charge is -2.09. The third-order valence-corrected chi connectivity index (χ3v) is 3.83. The van der Waals surface area contributed by atoms with Gasteiger partial charge in [0, 0.05) is 24.6 Å². The predicted octanol–water partition coefficient (Wildman–Crippen LogP) is 3.82. The molecule has 0 aliphatic rings. The van der Waals surface area contributed by atoms with Gasteiger partial charge >= 0.3 is 6.03 Å². The molecule has 2 aromatic carbocycles. The molecule has 0 saturated carbocycles. The maximum atomic E-state index is 11.9. The number of nitrogens with zero attached hydrogens (tertiary/aromatic N) is 1. The number of urea groups is 1. The molecule has 0 aliphatic carbocycles. The van der Waals surface area contributed by atoms with Gasteiger partial charge < -0.3 is 15.7 Å². The highest BCUT2D eigenvalue weighted by atomic mass is 16.3. The van der Waals surface area contributed by atoms with E-state index in [-0.39, 0.29) is 11.8 Å². The lowest BCUT2D eigenvalue weighted by molar-refractivity contribution is 0.252. The number of nitrogens with one attached hydrogen (secondary N) is 2. The molecule has 0 spiro atoms. The van der Waals surface area contributed by atoms with Crippen molar-refractivity contribution in [2.75, 3.05) is 11.9 Å². The number of pyridine rings is 1. The summed E-state index contributed by atoms with van der Waals surface area (Å²) >= 11 is 0. The van der Waals surface area contributed by atoms with E-state index in [1.54, 1.807) is 24.5 Å². The maximum Gasteiger partial charge on any atom is 0.319 e. The molecule has 0 atom stereocenters. The van der Waals surface area contributed by atoms with Crippen molar-refractivity contribution in [3.63, 3.8) is 0 Å². The Kier molecular flexibility index (Phi) is 5.26. The number of aromatic hydroxyl groups is 1. The number of phenols is 1. The Bertz CT molecular complexity index is 833. The highest BCUT2D eigenvalue weighted by Gasteiger charge is 2.04. The minimum atomic E-state index is -0.271. The Hall–Kier alpha value is -3.34. The molecule has 3 rings (SSSR count). The van der Waals surface area contributed by atoms with E-state index < -0.39 is 0 Å². The number of phenolic OH excluding ortho intramolecular Hbond substituents is 1. The summed E-state index contributed by atoms with van der Waals surface area (Å²) in [5, 5.41) is 15.3. The smallest absolute Gasteiger partial charge is 0.319 e. The topological polar surface area (TPSA) is 74.2 Å². The number of hydrogen-bond acceptors (Lipinski definition) is 3. The zero-order chi connectivity index (χ0) is 17.5. The molecule has 2 amide bonds. The van der Waals surface area contributed by atoms with Gasteiger partial charge in [0.05, 0.1) is 0 Å². The first-order chi connectivity index (χ1) is 12.2. The molecule has 0 unspecified atom stereocenters. The second kappa shape index (κ2) is 7.97. The van der Waals surface area contributed by atoms with Crippen LogP contribution in [0.15, 0.2) is 73.1 Å². The fourth-order valence-corrected chi connectivity index (χ4v) is 2.50. The average molecular weight is 333 g/mol. The first kappa shape index (κ1) is 16.5. The zero-order valence-corrected chi connectivity index (χ0v) is 13.6. The molecule has 0 bridgehead atoms. The average Bonchev–Trinajstić information content (AvgIpc) is 2.65. The molecule has 3 N–H and O–H groups in total. The van der Waals surface area contributed by atoms with E-state index in [0.717, 1.165) is 22.4 Å². The highest BCUT2D eigenvalue weighted by Crippen LogP contribution is 2.20. The largest absolute Gasteiger partial charge is 0.508 e. The molecule has 126 valence electrons. The van der Waals surface area contributed by atoms with Gasteiger partial charge in [-0.05, 0) is 53.4 Å². The van der Waals surface area contributed by atoms with Gasteiger partial charge in [-0.15, -0.1) is 0 Å². The summed E-state index contributed by atoms with van der Waals surface area (Å²) in [6, 6.07) is 18.3. The molecule has 5 heteroatoms. The number of carbonyl (C=O) groups is 1. The fourth-order valence-electron chi connectivity index (χ4n) is 2.50. The van der Waals surface area contributed by atoms with Crippen molar-refractivity contribution in [3.8, 4) is 16.9 Å². The van der Waals surface area contributed by atoms with E-state index in [4.69, 9.17) is 0 Å².